The molecule has 1 heterocycles. The summed E-state index contributed by atoms with van der Waals surface area (Å²) in [5, 5.41) is 2.92. The predicted molar refractivity (Wildman–Crippen MR) is 83.6 cm³/mol. The van der Waals surface area contributed by atoms with Gasteiger partial charge in [-0.25, -0.2) is 0 Å². The third kappa shape index (κ3) is 4.61. The van der Waals surface area contributed by atoms with Gasteiger partial charge >= 0.3 is 0 Å². The van der Waals surface area contributed by atoms with Gasteiger partial charge in [-0.2, -0.15) is 0 Å². The lowest BCUT2D eigenvalue weighted by molar-refractivity contribution is -0.116. The molecule has 0 spiro atoms. The minimum Gasteiger partial charge on any atom is -0.465 e. The van der Waals surface area contributed by atoms with E-state index in [1.165, 1.54) is 11.6 Å². The van der Waals surface area contributed by atoms with Gasteiger partial charge in [0.1, 0.15) is 5.76 Å². The highest BCUT2D eigenvalue weighted by Gasteiger charge is 2.14. The summed E-state index contributed by atoms with van der Waals surface area (Å²) in [7, 11) is 4.00. The summed E-state index contributed by atoms with van der Waals surface area (Å²) < 4.78 is 5.14. The van der Waals surface area contributed by atoms with Crippen molar-refractivity contribution in [2.45, 2.75) is 6.04 Å². The van der Waals surface area contributed by atoms with E-state index < -0.39 is 0 Å². The maximum absolute atomic E-state index is 11.8. The molecule has 0 radical (unpaired) electrons. The van der Waals surface area contributed by atoms with E-state index in [0.29, 0.717) is 12.3 Å². The number of nitrogens with zero attached hydrogens (tertiary/aromatic N) is 1. The van der Waals surface area contributed by atoms with E-state index in [2.05, 4.69) is 22.3 Å². The van der Waals surface area contributed by atoms with Crippen LogP contribution in [-0.2, 0) is 4.79 Å². The number of carbonyl (C=O) groups is 1. The Kier molecular flexibility index (Phi) is 5.35. The van der Waals surface area contributed by atoms with Crippen LogP contribution in [0.1, 0.15) is 17.4 Å². The van der Waals surface area contributed by atoms with Crippen LogP contribution in [0.15, 0.2) is 59.2 Å². The van der Waals surface area contributed by atoms with Crippen LogP contribution in [-0.4, -0.2) is 31.4 Å². The lowest BCUT2D eigenvalue weighted by Gasteiger charge is -2.24. The molecule has 0 bridgehead atoms. The van der Waals surface area contributed by atoms with Gasteiger partial charge in [-0.15, -0.1) is 0 Å². The van der Waals surface area contributed by atoms with Crippen molar-refractivity contribution < 1.29 is 9.21 Å². The Hall–Kier alpha value is -2.33. The summed E-state index contributed by atoms with van der Waals surface area (Å²) in [4.78, 5) is 13.9. The third-order valence-electron chi connectivity index (χ3n) is 3.22. The first-order chi connectivity index (χ1) is 10.2. The van der Waals surface area contributed by atoms with Gasteiger partial charge in [0, 0.05) is 12.6 Å². The second kappa shape index (κ2) is 7.45. The molecule has 21 heavy (non-hydrogen) atoms. The second-order valence-corrected chi connectivity index (χ2v) is 4.98. The number of likely N-dealkylation sites (N-methyl/N-ethyl adjacent to an activating group) is 1. The molecule has 4 heteroatoms. The highest BCUT2D eigenvalue weighted by atomic mass is 16.3. The highest BCUT2D eigenvalue weighted by molar-refractivity contribution is 5.91. The molecule has 110 valence electrons. The topological polar surface area (TPSA) is 45.5 Å². The number of benzene rings is 1. The Labute approximate surface area is 125 Å². The first-order valence-electron chi connectivity index (χ1n) is 6.87. The van der Waals surface area contributed by atoms with E-state index in [4.69, 9.17) is 4.42 Å². The standard InChI is InChI=1S/C17H20N2O2/c1-19(2)16(14-7-4-3-5-8-14)13-18-17(20)11-10-15-9-6-12-21-15/h3-12,16H,13H2,1-2H3,(H,18,20)/b11-10+/t16-/m0/s1. The maximum atomic E-state index is 11.8. The number of amides is 1. The normalized spacial score (nSPS) is 12.7. The molecular formula is C17H20N2O2. The van der Waals surface area contributed by atoms with Gasteiger partial charge in [-0.1, -0.05) is 30.3 Å². The molecule has 1 aromatic heterocycles. The SMILES string of the molecule is CN(C)[C@@H](CNC(=O)/C=C/c1ccco1)c1ccccc1. The van der Waals surface area contributed by atoms with Crippen LogP contribution in [0.4, 0.5) is 0 Å². The lowest BCUT2D eigenvalue weighted by atomic mass is 10.1. The first-order valence-corrected chi connectivity index (χ1v) is 6.87. The van der Waals surface area contributed by atoms with Gasteiger partial charge in [0.2, 0.25) is 5.91 Å². The summed E-state index contributed by atoms with van der Waals surface area (Å²) in [5.41, 5.74) is 1.18. The van der Waals surface area contributed by atoms with Crippen LogP contribution in [0.5, 0.6) is 0 Å². The number of hydrogen-bond donors (Lipinski definition) is 1. The molecule has 2 rings (SSSR count). The van der Waals surface area contributed by atoms with Crippen LogP contribution in [0.25, 0.3) is 6.08 Å². The molecule has 1 atom stereocenters. The number of carbonyl (C=O) groups excluding carboxylic acids is 1. The molecule has 0 aliphatic rings. The summed E-state index contributed by atoms with van der Waals surface area (Å²) in [6, 6.07) is 13.9. The maximum Gasteiger partial charge on any atom is 0.244 e. The average molecular weight is 284 g/mol. The van der Waals surface area contributed by atoms with Crippen LogP contribution in [0.3, 0.4) is 0 Å². The van der Waals surface area contributed by atoms with Crippen molar-refractivity contribution in [1.82, 2.24) is 10.2 Å². The summed E-state index contributed by atoms with van der Waals surface area (Å²) >= 11 is 0. The molecule has 0 saturated carbocycles. The zero-order valence-corrected chi connectivity index (χ0v) is 12.3. The highest BCUT2D eigenvalue weighted by Crippen LogP contribution is 2.16. The monoisotopic (exact) mass is 284 g/mol. The molecule has 0 aliphatic carbocycles. The van der Waals surface area contributed by atoms with Crippen molar-refractivity contribution >= 4 is 12.0 Å². The van der Waals surface area contributed by atoms with Gasteiger partial charge in [-0.3, -0.25) is 4.79 Å². The smallest absolute Gasteiger partial charge is 0.244 e. The van der Waals surface area contributed by atoms with E-state index in [1.807, 2.05) is 32.3 Å². The Morgan fingerprint density at radius 3 is 2.62 bits per heavy atom. The molecular weight excluding hydrogens is 264 g/mol. The van der Waals surface area contributed by atoms with Crippen LogP contribution in [0, 0.1) is 0 Å². The summed E-state index contributed by atoms with van der Waals surface area (Å²) in [6.07, 6.45) is 4.72. The molecule has 0 aliphatic heterocycles. The molecule has 0 fully saturated rings. The molecule has 1 amide bonds. The van der Waals surface area contributed by atoms with E-state index in [-0.39, 0.29) is 11.9 Å². The molecule has 1 N–H and O–H groups in total. The molecule has 0 unspecified atom stereocenters. The minimum atomic E-state index is -0.130. The van der Waals surface area contributed by atoms with Crippen molar-refractivity contribution in [3.05, 3.63) is 66.1 Å². The van der Waals surface area contributed by atoms with Gasteiger partial charge < -0.3 is 14.6 Å². The fourth-order valence-corrected chi connectivity index (χ4v) is 2.07. The Bertz CT molecular complexity index is 574. The Morgan fingerprint density at radius 1 is 1.24 bits per heavy atom. The lowest BCUT2D eigenvalue weighted by Crippen LogP contribution is -2.33. The number of rotatable bonds is 6. The van der Waals surface area contributed by atoms with Gasteiger partial charge in [-0.05, 0) is 37.9 Å². The second-order valence-electron chi connectivity index (χ2n) is 4.98. The molecule has 2 aromatic rings. The number of hydrogen-bond acceptors (Lipinski definition) is 3. The van der Waals surface area contributed by atoms with Gasteiger partial charge in [0.05, 0.1) is 12.3 Å². The van der Waals surface area contributed by atoms with Crippen molar-refractivity contribution in [3.63, 3.8) is 0 Å². The minimum absolute atomic E-state index is 0.130. The van der Waals surface area contributed by atoms with Crippen LogP contribution in [0.2, 0.25) is 0 Å². The summed E-state index contributed by atoms with van der Waals surface area (Å²) in [5.74, 6) is 0.534. The number of furan rings is 1. The molecule has 4 nitrogen and oxygen atoms in total. The van der Waals surface area contributed by atoms with Crippen molar-refractivity contribution in [2.75, 3.05) is 20.6 Å². The van der Waals surface area contributed by atoms with Gasteiger partial charge in [0.25, 0.3) is 0 Å². The van der Waals surface area contributed by atoms with E-state index in [0.717, 1.165) is 0 Å². The van der Waals surface area contributed by atoms with E-state index >= 15 is 0 Å². The quantitative estimate of drug-likeness (QED) is 0.830. The zero-order chi connectivity index (χ0) is 15.1. The van der Waals surface area contributed by atoms with Crippen molar-refractivity contribution in [2.24, 2.45) is 0 Å². The largest absolute Gasteiger partial charge is 0.465 e. The fraction of sp³-hybridized carbons (Fsp3) is 0.235. The summed E-state index contributed by atoms with van der Waals surface area (Å²) in [6.45, 7) is 0.554. The van der Waals surface area contributed by atoms with E-state index in [9.17, 15) is 4.79 Å². The van der Waals surface area contributed by atoms with Crippen LogP contribution < -0.4 is 5.32 Å². The van der Waals surface area contributed by atoms with Gasteiger partial charge in [0.15, 0.2) is 0 Å². The number of nitrogens with one attached hydrogen (secondary N) is 1. The predicted octanol–water partition coefficient (Wildman–Crippen LogP) is 2.71. The first kappa shape index (κ1) is 15.1. The molecule has 1 aromatic carbocycles. The Balaban J connectivity index is 1.92. The molecule has 0 saturated heterocycles. The van der Waals surface area contributed by atoms with Crippen LogP contribution >= 0.6 is 0 Å². The average Bonchev–Trinajstić information content (AvgIpc) is 2.99. The van der Waals surface area contributed by atoms with Crippen molar-refractivity contribution in [3.8, 4) is 0 Å². The zero-order valence-electron chi connectivity index (χ0n) is 12.3. The van der Waals surface area contributed by atoms with E-state index in [1.54, 1.807) is 24.5 Å². The third-order valence-corrected chi connectivity index (χ3v) is 3.22. The fourth-order valence-electron chi connectivity index (χ4n) is 2.07. The Morgan fingerprint density at radius 2 is 2.00 bits per heavy atom. The van der Waals surface area contributed by atoms with Crippen molar-refractivity contribution in [1.29, 1.82) is 0 Å².